The maximum atomic E-state index is 11.9. The van der Waals surface area contributed by atoms with E-state index in [1.165, 1.54) is 6.07 Å². The zero-order valence-corrected chi connectivity index (χ0v) is 11.1. The molecule has 20 heavy (non-hydrogen) atoms. The van der Waals surface area contributed by atoms with Crippen molar-refractivity contribution in [3.05, 3.63) is 52.0 Å². The number of nitro groups is 1. The van der Waals surface area contributed by atoms with Gasteiger partial charge in [-0.25, -0.2) is 0 Å². The highest BCUT2D eigenvalue weighted by atomic mass is 16.6. The van der Waals surface area contributed by atoms with E-state index in [0.717, 1.165) is 0 Å². The SMILES string of the molecule is Cc1ccc(OCC(=O)c2cccn2C)c([N+](=O)[O-])n1. The van der Waals surface area contributed by atoms with Crippen LogP contribution in [0.4, 0.5) is 5.82 Å². The van der Waals surface area contributed by atoms with Gasteiger partial charge in [0.25, 0.3) is 0 Å². The van der Waals surface area contributed by atoms with Crippen molar-refractivity contribution < 1.29 is 14.5 Å². The molecular weight excluding hydrogens is 262 g/mol. The molecule has 0 saturated carbocycles. The first-order valence-corrected chi connectivity index (χ1v) is 5.88. The lowest BCUT2D eigenvalue weighted by molar-refractivity contribution is -0.390. The van der Waals surface area contributed by atoms with E-state index in [1.807, 2.05) is 0 Å². The van der Waals surface area contributed by atoms with Crippen LogP contribution in [0.3, 0.4) is 0 Å². The van der Waals surface area contributed by atoms with Gasteiger partial charge in [-0.3, -0.25) is 4.79 Å². The van der Waals surface area contributed by atoms with Gasteiger partial charge in [-0.05, 0) is 34.2 Å². The van der Waals surface area contributed by atoms with Gasteiger partial charge < -0.3 is 19.4 Å². The highest BCUT2D eigenvalue weighted by Crippen LogP contribution is 2.24. The summed E-state index contributed by atoms with van der Waals surface area (Å²) in [6.45, 7) is 1.37. The summed E-state index contributed by atoms with van der Waals surface area (Å²) >= 11 is 0. The lowest BCUT2D eigenvalue weighted by atomic mass is 10.3. The molecule has 7 heteroatoms. The molecule has 0 aliphatic heterocycles. The van der Waals surface area contributed by atoms with E-state index in [1.54, 1.807) is 42.9 Å². The van der Waals surface area contributed by atoms with Gasteiger partial charge in [-0.1, -0.05) is 0 Å². The quantitative estimate of drug-likeness (QED) is 0.472. The minimum Gasteiger partial charge on any atom is -0.477 e. The fourth-order valence-corrected chi connectivity index (χ4v) is 1.74. The number of nitrogens with zero attached hydrogens (tertiary/aromatic N) is 3. The molecule has 2 rings (SSSR count). The number of ether oxygens (including phenoxy) is 1. The van der Waals surface area contributed by atoms with Crippen LogP contribution in [0.1, 0.15) is 16.2 Å². The topological polar surface area (TPSA) is 87.3 Å². The van der Waals surface area contributed by atoms with Crippen molar-refractivity contribution in [3.63, 3.8) is 0 Å². The highest BCUT2D eigenvalue weighted by molar-refractivity contribution is 5.95. The molecule has 0 N–H and O–H groups in total. The standard InChI is InChI=1S/C13H13N3O4/c1-9-5-6-12(13(14-9)16(18)19)20-8-11(17)10-4-3-7-15(10)2/h3-7H,8H2,1-2H3. The summed E-state index contributed by atoms with van der Waals surface area (Å²) in [7, 11) is 1.74. The Balaban J connectivity index is 2.14. The summed E-state index contributed by atoms with van der Waals surface area (Å²) < 4.78 is 6.89. The zero-order valence-electron chi connectivity index (χ0n) is 11.1. The first-order chi connectivity index (χ1) is 9.49. The molecule has 0 amide bonds. The van der Waals surface area contributed by atoms with Crippen molar-refractivity contribution in [3.8, 4) is 5.75 Å². The summed E-state index contributed by atoms with van der Waals surface area (Å²) in [5.41, 5.74) is 0.991. The molecule has 0 fully saturated rings. The van der Waals surface area contributed by atoms with Crippen molar-refractivity contribution >= 4 is 11.6 Å². The van der Waals surface area contributed by atoms with Crippen LogP contribution < -0.4 is 4.74 Å². The van der Waals surface area contributed by atoms with E-state index in [4.69, 9.17) is 4.74 Å². The third kappa shape index (κ3) is 2.82. The average Bonchev–Trinajstić information content (AvgIpc) is 2.83. The Kier molecular flexibility index (Phi) is 3.79. The van der Waals surface area contributed by atoms with Gasteiger partial charge in [0.05, 0.1) is 5.69 Å². The van der Waals surface area contributed by atoms with Gasteiger partial charge in [0.1, 0.15) is 5.69 Å². The second-order valence-corrected chi connectivity index (χ2v) is 4.25. The third-order valence-electron chi connectivity index (χ3n) is 2.74. The Morgan fingerprint density at radius 3 is 2.80 bits per heavy atom. The monoisotopic (exact) mass is 275 g/mol. The number of hydrogen-bond donors (Lipinski definition) is 0. The zero-order chi connectivity index (χ0) is 14.7. The van der Waals surface area contributed by atoms with E-state index < -0.39 is 4.92 Å². The average molecular weight is 275 g/mol. The molecule has 0 spiro atoms. The highest BCUT2D eigenvalue weighted by Gasteiger charge is 2.19. The lowest BCUT2D eigenvalue weighted by Gasteiger charge is -2.06. The second-order valence-electron chi connectivity index (χ2n) is 4.25. The molecule has 0 bridgehead atoms. The maximum Gasteiger partial charge on any atom is 0.406 e. The van der Waals surface area contributed by atoms with Crippen molar-refractivity contribution in [2.75, 3.05) is 6.61 Å². The number of ketones is 1. The molecule has 0 aliphatic rings. The molecule has 0 saturated heterocycles. The van der Waals surface area contributed by atoms with Crippen molar-refractivity contribution in [1.29, 1.82) is 0 Å². The normalized spacial score (nSPS) is 10.3. The molecule has 0 aromatic carbocycles. The third-order valence-corrected chi connectivity index (χ3v) is 2.74. The summed E-state index contributed by atoms with van der Waals surface area (Å²) in [6.07, 6.45) is 1.74. The summed E-state index contributed by atoms with van der Waals surface area (Å²) in [6, 6.07) is 6.44. The Hall–Kier alpha value is -2.70. The fraction of sp³-hybridized carbons (Fsp3) is 0.231. The Morgan fingerprint density at radius 2 is 2.20 bits per heavy atom. The second kappa shape index (κ2) is 5.52. The summed E-state index contributed by atoms with van der Waals surface area (Å²) in [4.78, 5) is 25.9. The van der Waals surface area contributed by atoms with Crippen LogP contribution in [-0.2, 0) is 7.05 Å². The molecule has 2 heterocycles. The molecular formula is C13H13N3O4. The van der Waals surface area contributed by atoms with Crippen LogP contribution in [0.15, 0.2) is 30.5 Å². The Bertz CT molecular complexity index is 663. The van der Waals surface area contributed by atoms with Gasteiger partial charge in [-0.2, -0.15) is 0 Å². The van der Waals surface area contributed by atoms with Crippen LogP contribution in [0.25, 0.3) is 0 Å². The molecule has 0 atom stereocenters. The molecule has 2 aromatic rings. The molecule has 104 valence electrons. The molecule has 2 aromatic heterocycles. The largest absolute Gasteiger partial charge is 0.477 e. The number of aryl methyl sites for hydroxylation is 2. The van der Waals surface area contributed by atoms with Gasteiger partial charge in [-0.15, -0.1) is 0 Å². The van der Waals surface area contributed by atoms with Crippen LogP contribution >= 0.6 is 0 Å². The van der Waals surface area contributed by atoms with Crippen molar-refractivity contribution in [2.45, 2.75) is 6.92 Å². The lowest BCUT2D eigenvalue weighted by Crippen LogP contribution is -2.15. The number of carbonyl (C=O) groups is 1. The minimum atomic E-state index is -0.630. The number of rotatable bonds is 5. The molecule has 0 aliphatic carbocycles. The summed E-state index contributed by atoms with van der Waals surface area (Å²) in [5, 5.41) is 10.9. The number of carbonyl (C=O) groups excluding carboxylic acids is 1. The van der Waals surface area contributed by atoms with Crippen LogP contribution in [-0.4, -0.2) is 26.9 Å². The Labute approximate surface area is 115 Å². The number of aromatic nitrogens is 2. The molecule has 7 nitrogen and oxygen atoms in total. The first kappa shape index (κ1) is 13.7. The van der Waals surface area contributed by atoms with Crippen LogP contribution in [0.5, 0.6) is 5.75 Å². The predicted octanol–water partition coefficient (Wildman–Crippen LogP) is 1.90. The van der Waals surface area contributed by atoms with Gasteiger partial charge in [0.15, 0.2) is 6.61 Å². The predicted molar refractivity (Wildman–Crippen MR) is 70.9 cm³/mol. The molecule has 0 unspecified atom stereocenters. The van der Waals surface area contributed by atoms with E-state index in [-0.39, 0.29) is 24.0 Å². The smallest absolute Gasteiger partial charge is 0.406 e. The first-order valence-electron chi connectivity index (χ1n) is 5.88. The van der Waals surface area contributed by atoms with E-state index in [2.05, 4.69) is 4.98 Å². The van der Waals surface area contributed by atoms with Crippen molar-refractivity contribution in [1.82, 2.24) is 9.55 Å². The van der Waals surface area contributed by atoms with Crippen LogP contribution in [0.2, 0.25) is 0 Å². The number of hydrogen-bond acceptors (Lipinski definition) is 5. The maximum absolute atomic E-state index is 11.9. The van der Waals surface area contributed by atoms with Crippen molar-refractivity contribution in [2.24, 2.45) is 7.05 Å². The van der Waals surface area contributed by atoms with Gasteiger partial charge >= 0.3 is 5.82 Å². The Morgan fingerprint density at radius 1 is 1.45 bits per heavy atom. The number of pyridine rings is 1. The summed E-state index contributed by atoms with van der Waals surface area (Å²) in [5.74, 6) is -0.653. The van der Waals surface area contributed by atoms with E-state index in [0.29, 0.717) is 11.4 Å². The van der Waals surface area contributed by atoms with Gasteiger partial charge in [0, 0.05) is 20.2 Å². The fourth-order valence-electron chi connectivity index (χ4n) is 1.74. The minimum absolute atomic E-state index is 0.0110. The van der Waals surface area contributed by atoms with E-state index >= 15 is 0 Å². The van der Waals surface area contributed by atoms with E-state index in [9.17, 15) is 14.9 Å². The van der Waals surface area contributed by atoms with Crippen LogP contribution in [0, 0.1) is 17.0 Å². The molecule has 0 radical (unpaired) electrons. The number of Topliss-reactive ketones (excluding diaryl/α,β-unsaturated/α-hetero) is 1. The van der Waals surface area contributed by atoms with Gasteiger partial charge in [0.2, 0.25) is 11.5 Å².